The van der Waals surface area contributed by atoms with Crippen LogP contribution in [0.5, 0.6) is 11.5 Å². The number of ether oxygens (including phenoxy) is 2. The molecule has 136 valence electrons. The zero-order valence-corrected chi connectivity index (χ0v) is 14.5. The van der Waals surface area contributed by atoms with Crippen molar-refractivity contribution in [2.24, 2.45) is 0 Å². The lowest BCUT2D eigenvalue weighted by Crippen LogP contribution is -2.09. The molecule has 0 aromatic heterocycles. The van der Waals surface area contributed by atoms with Crippen LogP contribution in [0, 0.1) is 11.6 Å². The molecule has 2 aromatic rings. The molecule has 0 fully saturated rings. The first-order chi connectivity index (χ1) is 12.5. The number of carbonyl (C=O) groups is 1. The van der Waals surface area contributed by atoms with E-state index in [9.17, 15) is 13.6 Å². The summed E-state index contributed by atoms with van der Waals surface area (Å²) in [5, 5.41) is 2.38. The van der Waals surface area contributed by atoms with E-state index in [-0.39, 0.29) is 11.8 Å². The van der Waals surface area contributed by atoms with Gasteiger partial charge in [0.15, 0.2) is 0 Å². The summed E-state index contributed by atoms with van der Waals surface area (Å²) >= 11 is 0. The molecule has 4 nitrogen and oxygen atoms in total. The van der Waals surface area contributed by atoms with Crippen LogP contribution in [0.25, 0.3) is 6.08 Å². The van der Waals surface area contributed by atoms with Crippen LogP contribution in [-0.4, -0.2) is 18.6 Å². The van der Waals surface area contributed by atoms with E-state index in [0.29, 0.717) is 24.0 Å². The van der Waals surface area contributed by atoms with Crippen molar-refractivity contribution >= 4 is 17.7 Å². The van der Waals surface area contributed by atoms with E-state index in [1.165, 1.54) is 12.1 Å². The second-order valence-electron chi connectivity index (χ2n) is 6.01. The SMILES string of the molecule is CCOc1cc2c(cc1/C=C/C(=O)Nc1ccc(F)cc1F)OC(C)C2. The van der Waals surface area contributed by atoms with Gasteiger partial charge in [0.2, 0.25) is 5.91 Å². The molecule has 0 saturated heterocycles. The molecule has 1 N–H and O–H groups in total. The van der Waals surface area contributed by atoms with Crippen LogP contribution in [0.4, 0.5) is 14.5 Å². The number of benzene rings is 2. The summed E-state index contributed by atoms with van der Waals surface area (Å²) < 4.78 is 37.9. The third-order valence-corrected chi connectivity index (χ3v) is 3.93. The van der Waals surface area contributed by atoms with Crippen molar-refractivity contribution in [1.82, 2.24) is 0 Å². The van der Waals surface area contributed by atoms with Crippen LogP contribution in [0.2, 0.25) is 0 Å². The van der Waals surface area contributed by atoms with Crippen molar-refractivity contribution in [2.75, 3.05) is 11.9 Å². The second-order valence-corrected chi connectivity index (χ2v) is 6.01. The van der Waals surface area contributed by atoms with Gasteiger partial charge in [-0.1, -0.05) is 0 Å². The summed E-state index contributed by atoms with van der Waals surface area (Å²) in [5.41, 5.74) is 1.67. The molecule has 1 atom stereocenters. The highest BCUT2D eigenvalue weighted by atomic mass is 19.1. The number of nitrogens with one attached hydrogen (secondary N) is 1. The van der Waals surface area contributed by atoms with E-state index in [2.05, 4.69) is 5.32 Å². The number of hydrogen-bond acceptors (Lipinski definition) is 3. The molecule has 1 aliphatic rings. The number of amides is 1. The van der Waals surface area contributed by atoms with Crippen LogP contribution in [0.3, 0.4) is 0 Å². The Bertz CT molecular complexity index is 864. The zero-order chi connectivity index (χ0) is 18.7. The minimum absolute atomic E-state index is 0.0859. The smallest absolute Gasteiger partial charge is 0.248 e. The summed E-state index contributed by atoms with van der Waals surface area (Å²) in [6.45, 7) is 4.35. The number of rotatable bonds is 5. The van der Waals surface area contributed by atoms with Gasteiger partial charge in [-0.2, -0.15) is 0 Å². The highest BCUT2D eigenvalue weighted by molar-refractivity contribution is 6.02. The van der Waals surface area contributed by atoms with Gasteiger partial charge >= 0.3 is 0 Å². The van der Waals surface area contributed by atoms with E-state index in [0.717, 1.165) is 23.8 Å². The van der Waals surface area contributed by atoms with E-state index < -0.39 is 17.5 Å². The average molecular weight is 359 g/mol. The van der Waals surface area contributed by atoms with Gasteiger partial charge in [0, 0.05) is 29.7 Å². The maximum Gasteiger partial charge on any atom is 0.248 e. The molecule has 2 aromatic carbocycles. The van der Waals surface area contributed by atoms with E-state index in [1.807, 2.05) is 26.0 Å². The maximum atomic E-state index is 13.6. The standard InChI is InChI=1S/C20H19F2NO3/c1-3-25-18-10-14-8-12(2)26-19(14)9-13(18)4-7-20(24)23-17-6-5-15(21)11-16(17)22/h4-7,9-12H,3,8H2,1-2H3,(H,23,24)/b7-4+. The number of fused-ring (bicyclic) bond motifs is 1. The van der Waals surface area contributed by atoms with Crippen LogP contribution < -0.4 is 14.8 Å². The van der Waals surface area contributed by atoms with Gasteiger partial charge in [-0.05, 0) is 44.2 Å². The van der Waals surface area contributed by atoms with Gasteiger partial charge in [-0.25, -0.2) is 8.78 Å². The Balaban J connectivity index is 1.78. The van der Waals surface area contributed by atoms with Crippen molar-refractivity contribution in [1.29, 1.82) is 0 Å². The lowest BCUT2D eigenvalue weighted by Gasteiger charge is -2.10. The molecule has 1 heterocycles. The highest BCUT2D eigenvalue weighted by Crippen LogP contribution is 2.35. The summed E-state index contributed by atoms with van der Waals surface area (Å²) in [5.74, 6) is -0.647. The van der Waals surface area contributed by atoms with Crippen LogP contribution >= 0.6 is 0 Å². The third-order valence-electron chi connectivity index (χ3n) is 3.93. The topological polar surface area (TPSA) is 47.6 Å². The van der Waals surface area contributed by atoms with E-state index >= 15 is 0 Å². The van der Waals surface area contributed by atoms with Gasteiger partial charge in [0.05, 0.1) is 12.3 Å². The molecule has 0 saturated carbocycles. The molecule has 0 radical (unpaired) electrons. The predicted molar refractivity (Wildman–Crippen MR) is 95.4 cm³/mol. The molecular formula is C20H19F2NO3. The lowest BCUT2D eigenvalue weighted by molar-refractivity contribution is -0.111. The number of halogens is 2. The molecule has 6 heteroatoms. The number of carbonyl (C=O) groups excluding carboxylic acids is 1. The molecular weight excluding hydrogens is 340 g/mol. The van der Waals surface area contributed by atoms with Gasteiger partial charge in [-0.15, -0.1) is 0 Å². The van der Waals surface area contributed by atoms with Crippen molar-refractivity contribution < 1.29 is 23.0 Å². The molecule has 26 heavy (non-hydrogen) atoms. The van der Waals surface area contributed by atoms with Crippen molar-refractivity contribution in [3.05, 3.63) is 59.2 Å². The Morgan fingerprint density at radius 2 is 2.15 bits per heavy atom. The molecule has 0 bridgehead atoms. The number of hydrogen-bond donors (Lipinski definition) is 1. The van der Waals surface area contributed by atoms with E-state index in [1.54, 1.807) is 6.08 Å². The van der Waals surface area contributed by atoms with Gasteiger partial charge in [-0.3, -0.25) is 4.79 Å². The first-order valence-electron chi connectivity index (χ1n) is 8.36. The summed E-state index contributed by atoms with van der Waals surface area (Å²) in [7, 11) is 0. The van der Waals surface area contributed by atoms with Crippen molar-refractivity contribution in [3.8, 4) is 11.5 Å². The van der Waals surface area contributed by atoms with Crippen LogP contribution in [-0.2, 0) is 11.2 Å². The Hall–Kier alpha value is -2.89. The van der Waals surface area contributed by atoms with Crippen molar-refractivity contribution in [3.63, 3.8) is 0 Å². The molecule has 1 amide bonds. The highest BCUT2D eigenvalue weighted by Gasteiger charge is 2.21. The molecule has 1 unspecified atom stereocenters. The third kappa shape index (κ3) is 4.02. The Morgan fingerprint density at radius 3 is 2.88 bits per heavy atom. The first kappa shape index (κ1) is 17.9. The Morgan fingerprint density at radius 1 is 1.35 bits per heavy atom. The summed E-state index contributed by atoms with van der Waals surface area (Å²) in [6.07, 6.45) is 3.76. The molecule has 3 rings (SSSR count). The monoisotopic (exact) mass is 359 g/mol. The normalized spacial score (nSPS) is 15.6. The van der Waals surface area contributed by atoms with E-state index in [4.69, 9.17) is 9.47 Å². The van der Waals surface area contributed by atoms with Crippen molar-refractivity contribution in [2.45, 2.75) is 26.4 Å². The van der Waals surface area contributed by atoms with Gasteiger partial charge in [0.1, 0.15) is 29.2 Å². The molecule has 1 aliphatic heterocycles. The molecule has 0 aliphatic carbocycles. The summed E-state index contributed by atoms with van der Waals surface area (Å²) in [4.78, 5) is 12.0. The van der Waals surface area contributed by atoms with Gasteiger partial charge < -0.3 is 14.8 Å². The van der Waals surface area contributed by atoms with Gasteiger partial charge in [0.25, 0.3) is 0 Å². The van der Waals surface area contributed by atoms with Crippen LogP contribution in [0.1, 0.15) is 25.0 Å². The first-order valence-corrected chi connectivity index (χ1v) is 8.36. The second kappa shape index (κ2) is 7.56. The Labute approximate surface area is 150 Å². The fraction of sp³-hybridized carbons (Fsp3) is 0.250. The quantitative estimate of drug-likeness (QED) is 0.808. The lowest BCUT2D eigenvalue weighted by atomic mass is 10.1. The fourth-order valence-electron chi connectivity index (χ4n) is 2.80. The minimum atomic E-state index is -0.832. The largest absolute Gasteiger partial charge is 0.493 e. The predicted octanol–water partition coefficient (Wildman–Crippen LogP) is 4.34. The average Bonchev–Trinajstić information content (AvgIpc) is 2.94. The van der Waals surface area contributed by atoms with Crippen LogP contribution in [0.15, 0.2) is 36.4 Å². The maximum absolute atomic E-state index is 13.6. The zero-order valence-electron chi connectivity index (χ0n) is 14.5. The molecule has 0 spiro atoms. The number of anilines is 1. The fourth-order valence-corrected chi connectivity index (χ4v) is 2.80. The Kier molecular flexibility index (Phi) is 5.21. The summed E-state index contributed by atoms with van der Waals surface area (Å²) in [6, 6.07) is 6.71. The minimum Gasteiger partial charge on any atom is -0.493 e.